The Labute approximate surface area is 147 Å². The maximum atomic E-state index is 13.0. The van der Waals surface area contributed by atoms with Gasteiger partial charge in [-0.3, -0.25) is 9.59 Å². The minimum Gasteiger partial charge on any atom is -0.378 e. The van der Waals surface area contributed by atoms with E-state index in [1.54, 1.807) is 6.07 Å². The summed E-state index contributed by atoms with van der Waals surface area (Å²) >= 11 is 0. The minimum atomic E-state index is 0.0747. The number of pyridine rings is 1. The molecule has 2 aliphatic heterocycles. The molecule has 5 nitrogen and oxygen atoms in total. The smallest absolute Gasteiger partial charge is 0.253 e. The number of hydrogen-bond acceptors (Lipinski definition) is 3. The lowest BCUT2D eigenvalue weighted by molar-refractivity contribution is 0.0594. The first-order valence-corrected chi connectivity index (χ1v) is 8.79. The van der Waals surface area contributed by atoms with Crippen molar-refractivity contribution in [2.45, 2.75) is 18.9 Å². The Kier molecular flexibility index (Phi) is 3.86. The van der Waals surface area contributed by atoms with Crippen LogP contribution in [0.5, 0.6) is 0 Å². The summed E-state index contributed by atoms with van der Waals surface area (Å²) in [6.45, 7) is 2.13. The van der Waals surface area contributed by atoms with Crippen LogP contribution in [0.2, 0.25) is 0 Å². The Balaban J connectivity index is 1.61. The summed E-state index contributed by atoms with van der Waals surface area (Å²) in [4.78, 5) is 29.1. The van der Waals surface area contributed by atoms with Crippen molar-refractivity contribution in [3.63, 3.8) is 0 Å². The van der Waals surface area contributed by atoms with E-state index in [9.17, 15) is 9.59 Å². The molecule has 2 atom stereocenters. The fourth-order valence-corrected chi connectivity index (χ4v) is 4.16. The average Bonchev–Trinajstić information content (AvgIpc) is 2.62. The molecule has 1 aromatic carbocycles. The quantitative estimate of drug-likeness (QED) is 0.844. The number of benzene rings is 1. The van der Waals surface area contributed by atoms with Gasteiger partial charge in [0.15, 0.2) is 0 Å². The highest BCUT2D eigenvalue weighted by molar-refractivity contribution is 5.95. The van der Waals surface area contributed by atoms with Crippen LogP contribution in [0.1, 0.15) is 28.4 Å². The predicted octanol–water partition coefficient (Wildman–Crippen LogP) is 2.17. The molecule has 0 spiro atoms. The zero-order valence-corrected chi connectivity index (χ0v) is 14.7. The molecule has 0 unspecified atom stereocenters. The highest BCUT2D eigenvalue weighted by Crippen LogP contribution is 2.35. The normalized spacial score (nSPS) is 21.6. The molecule has 4 rings (SSSR count). The second-order valence-electron chi connectivity index (χ2n) is 7.35. The molecule has 1 saturated heterocycles. The third-order valence-electron chi connectivity index (χ3n) is 5.38. The van der Waals surface area contributed by atoms with Crippen molar-refractivity contribution < 1.29 is 4.79 Å². The summed E-state index contributed by atoms with van der Waals surface area (Å²) in [6, 6.07) is 13.3. The number of hydrogen-bond donors (Lipinski definition) is 0. The van der Waals surface area contributed by atoms with E-state index < -0.39 is 0 Å². The Bertz CT molecular complexity index is 871. The summed E-state index contributed by atoms with van der Waals surface area (Å²) in [5, 5.41) is 0. The molecular formula is C20H23N3O2. The SMILES string of the molecule is CN(C)c1cccc(C(=O)N2C[C@@H]3C[C@@H](C2)c2cccc(=O)n2C3)c1. The number of fused-ring (bicyclic) bond motifs is 4. The number of likely N-dealkylation sites (tertiary alicyclic amines) is 1. The molecular weight excluding hydrogens is 314 g/mol. The molecule has 1 aromatic heterocycles. The van der Waals surface area contributed by atoms with Gasteiger partial charge in [-0.05, 0) is 36.6 Å². The molecule has 2 aliphatic rings. The molecule has 5 heteroatoms. The monoisotopic (exact) mass is 337 g/mol. The van der Waals surface area contributed by atoms with Crippen molar-refractivity contribution in [1.29, 1.82) is 0 Å². The number of carbonyl (C=O) groups is 1. The van der Waals surface area contributed by atoms with Gasteiger partial charge in [0.2, 0.25) is 0 Å². The van der Waals surface area contributed by atoms with Gasteiger partial charge in [-0.2, -0.15) is 0 Å². The van der Waals surface area contributed by atoms with Crippen molar-refractivity contribution in [2.24, 2.45) is 5.92 Å². The molecule has 0 saturated carbocycles. The maximum Gasteiger partial charge on any atom is 0.253 e. The summed E-state index contributed by atoms with van der Waals surface area (Å²) in [7, 11) is 3.95. The van der Waals surface area contributed by atoms with Crippen LogP contribution in [0.4, 0.5) is 5.69 Å². The number of nitrogens with zero attached hydrogens (tertiary/aromatic N) is 3. The number of amides is 1. The lowest BCUT2D eigenvalue weighted by Crippen LogP contribution is -2.49. The Morgan fingerprint density at radius 2 is 1.88 bits per heavy atom. The van der Waals surface area contributed by atoms with Gasteiger partial charge in [0.25, 0.3) is 11.5 Å². The lowest BCUT2D eigenvalue weighted by atomic mass is 9.83. The highest BCUT2D eigenvalue weighted by atomic mass is 16.2. The van der Waals surface area contributed by atoms with E-state index in [-0.39, 0.29) is 17.4 Å². The number of aromatic nitrogens is 1. The van der Waals surface area contributed by atoms with Gasteiger partial charge >= 0.3 is 0 Å². The molecule has 0 radical (unpaired) electrons. The van der Waals surface area contributed by atoms with Crippen molar-refractivity contribution >= 4 is 11.6 Å². The van der Waals surface area contributed by atoms with Crippen LogP contribution in [0.3, 0.4) is 0 Å². The number of piperidine rings is 1. The fourth-order valence-electron chi connectivity index (χ4n) is 4.16. The molecule has 0 aliphatic carbocycles. The number of rotatable bonds is 2. The molecule has 3 heterocycles. The first kappa shape index (κ1) is 15.9. The summed E-state index contributed by atoms with van der Waals surface area (Å²) < 4.78 is 1.90. The van der Waals surface area contributed by atoms with Crippen LogP contribution < -0.4 is 10.5 Å². The van der Waals surface area contributed by atoms with Gasteiger partial charge in [-0.25, -0.2) is 0 Å². The molecule has 130 valence electrons. The van der Waals surface area contributed by atoms with E-state index in [0.717, 1.165) is 29.9 Å². The van der Waals surface area contributed by atoms with Gasteiger partial charge in [0, 0.05) is 62.7 Å². The van der Waals surface area contributed by atoms with Crippen LogP contribution in [0.25, 0.3) is 0 Å². The Hall–Kier alpha value is -2.56. The molecule has 0 N–H and O–H groups in total. The third-order valence-corrected chi connectivity index (χ3v) is 5.38. The molecule has 2 aromatic rings. The lowest BCUT2D eigenvalue weighted by Gasteiger charge is -2.42. The van der Waals surface area contributed by atoms with Gasteiger partial charge in [0.05, 0.1) is 0 Å². The highest BCUT2D eigenvalue weighted by Gasteiger charge is 2.36. The first-order valence-electron chi connectivity index (χ1n) is 8.79. The third kappa shape index (κ3) is 2.84. The first-order chi connectivity index (χ1) is 12.0. The van der Waals surface area contributed by atoms with Gasteiger partial charge in [-0.15, -0.1) is 0 Å². The zero-order chi connectivity index (χ0) is 17.6. The van der Waals surface area contributed by atoms with Gasteiger partial charge < -0.3 is 14.4 Å². The van der Waals surface area contributed by atoms with Gasteiger partial charge in [-0.1, -0.05) is 12.1 Å². The van der Waals surface area contributed by atoms with Crippen LogP contribution in [-0.2, 0) is 6.54 Å². The second-order valence-corrected chi connectivity index (χ2v) is 7.35. The van der Waals surface area contributed by atoms with Crippen LogP contribution in [0, 0.1) is 5.92 Å². The van der Waals surface area contributed by atoms with Crippen LogP contribution in [0.15, 0.2) is 47.3 Å². The number of anilines is 1. The topological polar surface area (TPSA) is 45.6 Å². The van der Waals surface area contributed by atoms with E-state index in [1.807, 2.05) is 64.9 Å². The average molecular weight is 337 g/mol. The van der Waals surface area contributed by atoms with E-state index in [4.69, 9.17) is 0 Å². The largest absolute Gasteiger partial charge is 0.378 e. The Morgan fingerprint density at radius 3 is 2.68 bits per heavy atom. The molecule has 2 bridgehead atoms. The summed E-state index contributed by atoms with van der Waals surface area (Å²) in [5.74, 6) is 0.694. The number of carbonyl (C=O) groups excluding carboxylic acids is 1. The summed E-state index contributed by atoms with van der Waals surface area (Å²) in [5.41, 5.74) is 2.91. The summed E-state index contributed by atoms with van der Waals surface area (Å²) in [6.07, 6.45) is 1.06. The van der Waals surface area contributed by atoms with Crippen molar-refractivity contribution in [2.75, 3.05) is 32.1 Å². The standard InChI is InChI=1S/C20H23N3O2/c1-21(2)17-6-3-5-15(10-17)20(25)22-11-14-9-16(13-22)18-7-4-8-19(24)23(18)12-14/h3-8,10,14,16H,9,11-13H2,1-2H3/t14-,16-/m0/s1. The van der Waals surface area contributed by atoms with Gasteiger partial charge in [0.1, 0.15) is 0 Å². The molecule has 1 amide bonds. The fraction of sp³-hybridized carbons (Fsp3) is 0.400. The zero-order valence-electron chi connectivity index (χ0n) is 14.7. The van der Waals surface area contributed by atoms with Crippen LogP contribution >= 0.6 is 0 Å². The molecule has 1 fully saturated rings. The maximum absolute atomic E-state index is 13.0. The van der Waals surface area contributed by atoms with Crippen molar-refractivity contribution in [1.82, 2.24) is 9.47 Å². The van der Waals surface area contributed by atoms with E-state index in [2.05, 4.69) is 0 Å². The van der Waals surface area contributed by atoms with Crippen molar-refractivity contribution in [3.05, 3.63) is 64.1 Å². The van der Waals surface area contributed by atoms with E-state index in [1.165, 1.54) is 0 Å². The Morgan fingerprint density at radius 1 is 1.08 bits per heavy atom. The van der Waals surface area contributed by atoms with Crippen molar-refractivity contribution in [3.8, 4) is 0 Å². The minimum absolute atomic E-state index is 0.0747. The predicted molar refractivity (Wildman–Crippen MR) is 98.2 cm³/mol. The molecule has 25 heavy (non-hydrogen) atoms. The van der Waals surface area contributed by atoms with Crippen LogP contribution in [-0.4, -0.2) is 42.6 Å². The second kappa shape index (κ2) is 6.06. The van der Waals surface area contributed by atoms with E-state index >= 15 is 0 Å². The van der Waals surface area contributed by atoms with E-state index in [0.29, 0.717) is 19.0 Å².